The highest BCUT2D eigenvalue weighted by molar-refractivity contribution is 5.70. The molecule has 2 aromatic rings. The molecule has 3 nitrogen and oxygen atoms in total. The Morgan fingerprint density at radius 1 is 1.39 bits per heavy atom. The molecule has 1 unspecified atom stereocenters. The number of fused-ring (bicyclic) bond motifs is 1. The smallest absolute Gasteiger partial charge is 0.116 e. The molecular formula is C15H18N2O. The highest BCUT2D eigenvalue weighted by Crippen LogP contribution is 2.31. The summed E-state index contributed by atoms with van der Waals surface area (Å²) >= 11 is 0. The number of aryl methyl sites for hydroxylation is 1. The van der Waals surface area contributed by atoms with E-state index in [4.69, 9.17) is 4.42 Å². The van der Waals surface area contributed by atoms with Gasteiger partial charge in [0.25, 0.3) is 0 Å². The second-order valence-electron chi connectivity index (χ2n) is 5.09. The van der Waals surface area contributed by atoms with Gasteiger partial charge < -0.3 is 14.6 Å². The fourth-order valence-corrected chi connectivity index (χ4v) is 2.63. The molecule has 1 aromatic heterocycles. The molecule has 94 valence electrons. The van der Waals surface area contributed by atoms with Gasteiger partial charge in [-0.15, -0.1) is 0 Å². The zero-order valence-corrected chi connectivity index (χ0v) is 10.8. The topological polar surface area (TPSA) is 28.4 Å². The molecule has 3 rings (SSSR count). The number of hydrogen-bond donors (Lipinski definition) is 1. The first kappa shape index (κ1) is 11.2. The van der Waals surface area contributed by atoms with Crippen molar-refractivity contribution in [2.75, 3.05) is 23.8 Å². The molecule has 18 heavy (non-hydrogen) atoms. The van der Waals surface area contributed by atoms with Crippen molar-refractivity contribution < 1.29 is 4.42 Å². The number of benzene rings is 1. The van der Waals surface area contributed by atoms with Crippen molar-refractivity contribution in [3.8, 4) is 0 Å². The SMILES string of the molecule is Cc1cccc(CC2CN(C)c3cocc3N2)c1. The quantitative estimate of drug-likeness (QED) is 0.877. The van der Waals surface area contributed by atoms with E-state index in [1.165, 1.54) is 11.1 Å². The van der Waals surface area contributed by atoms with Crippen molar-refractivity contribution in [1.29, 1.82) is 0 Å². The van der Waals surface area contributed by atoms with Gasteiger partial charge >= 0.3 is 0 Å². The van der Waals surface area contributed by atoms with Crippen molar-refractivity contribution in [1.82, 2.24) is 0 Å². The van der Waals surface area contributed by atoms with E-state index in [9.17, 15) is 0 Å². The van der Waals surface area contributed by atoms with Crippen molar-refractivity contribution in [2.45, 2.75) is 19.4 Å². The number of nitrogens with zero attached hydrogens (tertiary/aromatic N) is 1. The zero-order valence-electron chi connectivity index (χ0n) is 10.8. The maximum absolute atomic E-state index is 5.25. The molecule has 0 saturated heterocycles. The summed E-state index contributed by atoms with van der Waals surface area (Å²) in [5.74, 6) is 0. The number of furan rings is 1. The van der Waals surface area contributed by atoms with Gasteiger partial charge in [0, 0.05) is 19.6 Å². The first-order valence-electron chi connectivity index (χ1n) is 6.32. The van der Waals surface area contributed by atoms with E-state index in [1.54, 1.807) is 12.5 Å². The average molecular weight is 242 g/mol. The van der Waals surface area contributed by atoms with Crippen LogP contribution >= 0.6 is 0 Å². The van der Waals surface area contributed by atoms with Crippen molar-refractivity contribution in [3.05, 3.63) is 47.9 Å². The molecule has 0 bridgehead atoms. The van der Waals surface area contributed by atoms with Crippen LogP contribution in [0.2, 0.25) is 0 Å². The third kappa shape index (κ3) is 2.08. The van der Waals surface area contributed by atoms with Crippen molar-refractivity contribution >= 4 is 11.4 Å². The van der Waals surface area contributed by atoms with E-state index in [0.717, 1.165) is 24.3 Å². The molecule has 3 heteroatoms. The van der Waals surface area contributed by atoms with Gasteiger partial charge in [-0.1, -0.05) is 29.8 Å². The maximum atomic E-state index is 5.25. The van der Waals surface area contributed by atoms with Crippen LogP contribution < -0.4 is 10.2 Å². The summed E-state index contributed by atoms with van der Waals surface area (Å²) in [6, 6.07) is 9.15. The molecule has 0 aliphatic carbocycles. The molecule has 0 saturated carbocycles. The van der Waals surface area contributed by atoms with Crippen molar-refractivity contribution in [3.63, 3.8) is 0 Å². The molecular weight excluding hydrogens is 224 g/mol. The standard InChI is InChI=1S/C15H18N2O/c1-11-4-3-5-12(6-11)7-13-8-17(2)15-10-18-9-14(15)16-13/h3-6,9-10,13,16H,7-8H2,1-2H3. The molecule has 0 radical (unpaired) electrons. The molecule has 1 N–H and O–H groups in total. The van der Waals surface area contributed by atoms with E-state index >= 15 is 0 Å². The first-order valence-corrected chi connectivity index (χ1v) is 6.32. The molecule has 1 aliphatic heterocycles. The minimum atomic E-state index is 0.432. The van der Waals surface area contributed by atoms with E-state index < -0.39 is 0 Å². The van der Waals surface area contributed by atoms with Crippen LogP contribution in [-0.4, -0.2) is 19.6 Å². The lowest BCUT2D eigenvalue weighted by molar-refractivity contribution is 0.568. The Labute approximate surface area is 107 Å². The Hall–Kier alpha value is -1.90. The molecule has 1 atom stereocenters. The summed E-state index contributed by atoms with van der Waals surface area (Å²) in [4.78, 5) is 2.25. The van der Waals surface area contributed by atoms with Gasteiger partial charge in [0.05, 0.1) is 11.4 Å². The minimum Gasteiger partial charge on any atom is -0.468 e. The van der Waals surface area contributed by atoms with Crippen LogP contribution in [0.3, 0.4) is 0 Å². The van der Waals surface area contributed by atoms with Crippen LogP contribution in [0.25, 0.3) is 0 Å². The van der Waals surface area contributed by atoms with Crippen LogP contribution in [0.15, 0.2) is 41.2 Å². The summed E-state index contributed by atoms with van der Waals surface area (Å²) in [6.45, 7) is 3.14. The summed E-state index contributed by atoms with van der Waals surface area (Å²) < 4.78 is 5.25. The van der Waals surface area contributed by atoms with Gasteiger partial charge in [-0.05, 0) is 18.9 Å². The van der Waals surface area contributed by atoms with Crippen LogP contribution in [0, 0.1) is 6.92 Å². The lowest BCUT2D eigenvalue weighted by atomic mass is 10.0. The monoisotopic (exact) mass is 242 g/mol. The van der Waals surface area contributed by atoms with Crippen molar-refractivity contribution in [2.24, 2.45) is 0 Å². The van der Waals surface area contributed by atoms with Gasteiger partial charge in [-0.2, -0.15) is 0 Å². The molecule has 0 fully saturated rings. The second kappa shape index (κ2) is 4.41. The predicted molar refractivity (Wildman–Crippen MR) is 74.3 cm³/mol. The Bertz CT molecular complexity index is 547. The fraction of sp³-hybridized carbons (Fsp3) is 0.333. The van der Waals surface area contributed by atoms with Gasteiger partial charge in [0.15, 0.2) is 0 Å². The van der Waals surface area contributed by atoms with E-state index in [-0.39, 0.29) is 0 Å². The fourth-order valence-electron chi connectivity index (χ4n) is 2.63. The van der Waals surface area contributed by atoms with Gasteiger partial charge in [0.2, 0.25) is 0 Å². The highest BCUT2D eigenvalue weighted by atomic mass is 16.3. The van der Waals surface area contributed by atoms with Crippen LogP contribution in [0.1, 0.15) is 11.1 Å². The number of nitrogens with one attached hydrogen (secondary N) is 1. The molecule has 1 aliphatic rings. The average Bonchev–Trinajstić information content (AvgIpc) is 2.77. The number of anilines is 2. The molecule has 0 amide bonds. The largest absolute Gasteiger partial charge is 0.468 e. The number of likely N-dealkylation sites (N-methyl/N-ethyl adjacent to an activating group) is 1. The Morgan fingerprint density at radius 3 is 3.11 bits per heavy atom. The van der Waals surface area contributed by atoms with E-state index in [1.807, 2.05) is 0 Å². The molecule has 1 aromatic carbocycles. The van der Waals surface area contributed by atoms with Crippen LogP contribution in [0.4, 0.5) is 11.4 Å². The Kier molecular flexibility index (Phi) is 2.74. The third-order valence-electron chi connectivity index (χ3n) is 3.47. The zero-order chi connectivity index (χ0) is 12.5. The number of rotatable bonds is 2. The van der Waals surface area contributed by atoms with Crippen LogP contribution in [0.5, 0.6) is 0 Å². The van der Waals surface area contributed by atoms with E-state index in [0.29, 0.717) is 6.04 Å². The van der Waals surface area contributed by atoms with Gasteiger partial charge in [0.1, 0.15) is 12.5 Å². The van der Waals surface area contributed by atoms with Gasteiger partial charge in [-0.3, -0.25) is 0 Å². The summed E-state index contributed by atoms with van der Waals surface area (Å²) in [5, 5.41) is 3.54. The summed E-state index contributed by atoms with van der Waals surface area (Å²) in [6.07, 6.45) is 4.62. The highest BCUT2D eigenvalue weighted by Gasteiger charge is 2.22. The summed E-state index contributed by atoms with van der Waals surface area (Å²) in [5.41, 5.74) is 4.95. The number of hydrogen-bond acceptors (Lipinski definition) is 3. The minimum absolute atomic E-state index is 0.432. The molecule has 0 spiro atoms. The normalized spacial score (nSPS) is 18.3. The second-order valence-corrected chi connectivity index (χ2v) is 5.09. The lowest BCUT2D eigenvalue weighted by Crippen LogP contribution is -2.40. The Balaban J connectivity index is 1.76. The Morgan fingerprint density at radius 2 is 2.28 bits per heavy atom. The molecule has 2 heterocycles. The van der Waals surface area contributed by atoms with E-state index in [2.05, 4.69) is 48.5 Å². The summed E-state index contributed by atoms with van der Waals surface area (Å²) in [7, 11) is 2.11. The third-order valence-corrected chi connectivity index (χ3v) is 3.47. The maximum Gasteiger partial charge on any atom is 0.116 e. The first-order chi connectivity index (χ1) is 8.72. The van der Waals surface area contributed by atoms with Gasteiger partial charge in [-0.25, -0.2) is 0 Å². The lowest BCUT2D eigenvalue weighted by Gasteiger charge is -2.32. The predicted octanol–water partition coefficient (Wildman–Crippen LogP) is 3.06. The van der Waals surface area contributed by atoms with Crippen LogP contribution in [-0.2, 0) is 6.42 Å².